The van der Waals surface area contributed by atoms with Gasteiger partial charge in [-0.05, 0) is 24.6 Å². The van der Waals surface area contributed by atoms with Gasteiger partial charge in [0.25, 0.3) is 0 Å². The molecule has 1 atom stereocenters. The van der Waals surface area contributed by atoms with Crippen molar-refractivity contribution in [2.24, 2.45) is 0 Å². The monoisotopic (exact) mass is 352 g/mol. The maximum absolute atomic E-state index is 12.8. The van der Waals surface area contributed by atoms with Crippen LogP contribution >= 0.6 is 11.8 Å². The second-order valence-electron chi connectivity index (χ2n) is 5.34. The number of anilines is 1. The van der Waals surface area contributed by atoms with Crippen LogP contribution in [0.3, 0.4) is 0 Å². The number of carbonyl (C=O) groups excluding carboxylic acids is 2. The van der Waals surface area contributed by atoms with Crippen molar-refractivity contribution in [1.82, 2.24) is 15.4 Å². The second kappa shape index (κ2) is 7.76. The number of thioether (sulfide) groups is 1. The number of carbonyl (C=O) groups is 2. The van der Waals surface area contributed by atoms with Gasteiger partial charge >= 0.3 is 0 Å². The molecule has 2 aromatic carbocycles. The number of nitrogens with one attached hydrogen (secondary N) is 2. The first kappa shape index (κ1) is 16.9. The molecule has 1 heterocycles. The van der Waals surface area contributed by atoms with E-state index < -0.39 is 5.25 Å². The number of benzene rings is 2. The Bertz CT molecular complexity index is 866. The summed E-state index contributed by atoms with van der Waals surface area (Å²) in [7, 11) is 0. The number of ketones is 1. The first-order valence-electron chi connectivity index (χ1n) is 7.63. The minimum Gasteiger partial charge on any atom is -0.325 e. The van der Waals surface area contributed by atoms with E-state index >= 15 is 0 Å². The van der Waals surface area contributed by atoms with Gasteiger partial charge in [0, 0.05) is 11.3 Å². The van der Waals surface area contributed by atoms with Crippen molar-refractivity contribution in [2.45, 2.75) is 17.2 Å². The van der Waals surface area contributed by atoms with Gasteiger partial charge in [-0.15, -0.1) is 5.10 Å². The predicted octanol–water partition coefficient (Wildman–Crippen LogP) is 3.48. The highest BCUT2D eigenvalue weighted by Gasteiger charge is 2.23. The van der Waals surface area contributed by atoms with Crippen LogP contribution in [-0.4, -0.2) is 27.1 Å². The standard InChI is InChI=1S/C18H16N4O2S/c1-12(23)14-8-5-9-15(10-14)20-18(24)17(13-6-3-2-4-7-13)25-16-11-19-22-21-16/h2-11,17H,1H3,(H,20,24)(H,19,21,22)/t17-/m1/s1. The van der Waals surface area contributed by atoms with Crippen molar-refractivity contribution in [2.75, 3.05) is 5.32 Å². The summed E-state index contributed by atoms with van der Waals surface area (Å²) in [6.07, 6.45) is 1.57. The quantitative estimate of drug-likeness (QED) is 0.524. The van der Waals surface area contributed by atoms with E-state index in [0.717, 1.165) is 5.56 Å². The molecular formula is C18H16N4O2S. The molecule has 0 unspecified atom stereocenters. The summed E-state index contributed by atoms with van der Waals surface area (Å²) in [4.78, 5) is 24.4. The summed E-state index contributed by atoms with van der Waals surface area (Å²) in [6.45, 7) is 1.49. The molecular weight excluding hydrogens is 336 g/mol. The highest BCUT2D eigenvalue weighted by Crippen LogP contribution is 2.34. The van der Waals surface area contributed by atoms with Crippen LogP contribution in [-0.2, 0) is 4.79 Å². The molecule has 0 aliphatic heterocycles. The van der Waals surface area contributed by atoms with E-state index in [1.54, 1.807) is 30.5 Å². The molecule has 6 nitrogen and oxygen atoms in total. The maximum Gasteiger partial charge on any atom is 0.242 e. The molecule has 126 valence electrons. The molecule has 2 N–H and O–H groups in total. The van der Waals surface area contributed by atoms with Crippen LogP contribution in [0.2, 0.25) is 0 Å². The predicted molar refractivity (Wildman–Crippen MR) is 96.5 cm³/mol. The third-order valence-electron chi connectivity index (χ3n) is 3.51. The number of Topliss-reactive ketones (excluding diaryl/α,β-unsaturated/α-hetero) is 1. The molecule has 7 heteroatoms. The van der Waals surface area contributed by atoms with Gasteiger partial charge in [0.1, 0.15) is 10.3 Å². The fourth-order valence-electron chi connectivity index (χ4n) is 2.29. The number of hydrogen-bond acceptors (Lipinski definition) is 5. The van der Waals surface area contributed by atoms with Crippen LogP contribution in [0.15, 0.2) is 65.8 Å². The van der Waals surface area contributed by atoms with E-state index in [4.69, 9.17) is 0 Å². The van der Waals surface area contributed by atoms with E-state index in [2.05, 4.69) is 20.7 Å². The second-order valence-corrected chi connectivity index (χ2v) is 6.47. The van der Waals surface area contributed by atoms with E-state index in [1.807, 2.05) is 30.3 Å². The first-order valence-corrected chi connectivity index (χ1v) is 8.50. The highest BCUT2D eigenvalue weighted by atomic mass is 32.2. The number of nitrogens with zero attached hydrogens (tertiary/aromatic N) is 2. The average Bonchev–Trinajstić information content (AvgIpc) is 3.14. The lowest BCUT2D eigenvalue weighted by atomic mass is 10.1. The fourth-order valence-corrected chi connectivity index (χ4v) is 3.20. The summed E-state index contributed by atoms with van der Waals surface area (Å²) in [5, 5.41) is 13.3. The number of amides is 1. The van der Waals surface area contributed by atoms with E-state index in [1.165, 1.54) is 18.7 Å². The van der Waals surface area contributed by atoms with Gasteiger partial charge in [0.15, 0.2) is 5.78 Å². The van der Waals surface area contributed by atoms with Crippen LogP contribution in [0.4, 0.5) is 5.69 Å². The summed E-state index contributed by atoms with van der Waals surface area (Å²) in [6, 6.07) is 16.3. The average molecular weight is 352 g/mol. The zero-order valence-electron chi connectivity index (χ0n) is 13.5. The van der Waals surface area contributed by atoms with Gasteiger partial charge in [-0.2, -0.15) is 10.3 Å². The van der Waals surface area contributed by atoms with Gasteiger partial charge in [-0.25, -0.2) is 0 Å². The molecule has 0 saturated heterocycles. The molecule has 0 spiro atoms. The van der Waals surface area contributed by atoms with Crippen molar-refractivity contribution in [3.63, 3.8) is 0 Å². The van der Waals surface area contributed by atoms with Crippen LogP contribution in [0, 0.1) is 0 Å². The molecule has 0 aliphatic rings. The van der Waals surface area contributed by atoms with Crippen molar-refractivity contribution in [3.8, 4) is 0 Å². The Balaban J connectivity index is 1.84. The zero-order chi connectivity index (χ0) is 17.6. The molecule has 1 amide bonds. The third-order valence-corrected chi connectivity index (χ3v) is 4.67. The Labute approximate surface area is 149 Å². The molecule has 25 heavy (non-hydrogen) atoms. The Kier molecular flexibility index (Phi) is 5.25. The summed E-state index contributed by atoms with van der Waals surface area (Å²) in [5.74, 6) is -0.243. The van der Waals surface area contributed by atoms with Crippen molar-refractivity contribution in [3.05, 3.63) is 71.9 Å². The molecule has 0 saturated carbocycles. The van der Waals surface area contributed by atoms with Gasteiger partial charge in [-0.3, -0.25) is 9.59 Å². The Morgan fingerprint density at radius 2 is 1.92 bits per heavy atom. The van der Waals surface area contributed by atoms with E-state index in [9.17, 15) is 9.59 Å². The van der Waals surface area contributed by atoms with Crippen LogP contribution < -0.4 is 5.32 Å². The minimum absolute atomic E-state index is 0.0484. The molecule has 0 bridgehead atoms. The lowest BCUT2D eigenvalue weighted by Gasteiger charge is -2.16. The van der Waals surface area contributed by atoms with Gasteiger partial charge < -0.3 is 5.32 Å². The van der Waals surface area contributed by atoms with Crippen molar-refractivity contribution in [1.29, 1.82) is 0 Å². The van der Waals surface area contributed by atoms with Crippen molar-refractivity contribution >= 4 is 29.1 Å². The summed E-state index contributed by atoms with van der Waals surface area (Å²) < 4.78 is 0. The lowest BCUT2D eigenvalue weighted by Crippen LogP contribution is -2.19. The fraction of sp³-hybridized carbons (Fsp3) is 0.111. The largest absolute Gasteiger partial charge is 0.325 e. The lowest BCUT2D eigenvalue weighted by molar-refractivity contribution is -0.115. The number of rotatable bonds is 6. The van der Waals surface area contributed by atoms with E-state index in [-0.39, 0.29) is 11.7 Å². The zero-order valence-corrected chi connectivity index (χ0v) is 14.3. The molecule has 1 aromatic heterocycles. The minimum atomic E-state index is -0.493. The molecule has 0 aliphatic carbocycles. The Morgan fingerprint density at radius 3 is 2.60 bits per heavy atom. The van der Waals surface area contributed by atoms with Crippen LogP contribution in [0.25, 0.3) is 0 Å². The summed E-state index contributed by atoms with van der Waals surface area (Å²) >= 11 is 1.30. The molecule has 0 fully saturated rings. The number of aromatic amines is 1. The van der Waals surface area contributed by atoms with E-state index in [0.29, 0.717) is 16.3 Å². The van der Waals surface area contributed by atoms with Gasteiger partial charge in [0.2, 0.25) is 5.91 Å². The number of H-pyrrole nitrogens is 1. The van der Waals surface area contributed by atoms with Crippen LogP contribution in [0.1, 0.15) is 28.1 Å². The van der Waals surface area contributed by atoms with Gasteiger partial charge in [-0.1, -0.05) is 54.2 Å². The first-order chi connectivity index (χ1) is 12.1. The highest BCUT2D eigenvalue weighted by molar-refractivity contribution is 8.00. The maximum atomic E-state index is 12.8. The number of hydrogen-bond donors (Lipinski definition) is 2. The SMILES string of the molecule is CC(=O)c1cccc(NC(=O)[C@H](Sc2cn[nH]n2)c2ccccc2)c1. The molecule has 3 aromatic rings. The normalized spacial score (nSPS) is 11.7. The van der Waals surface area contributed by atoms with Gasteiger partial charge in [0.05, 0.1) is 6.20 Å². The molecule has 0 radical (unpaired) electrons. The smallest absolute Gasteiger partial charge is 0.242 e. The van der Waals surface area contributed by atoms with Crippen molar-refractivity contribution < 1.29 is 9.59 Å². The van der Waals surface area contributed by atoms with Crippen LogP contribution in [0.5, 0.6) is 0 Å². The Morgan fingerprint density at radius 1 is 1.12 bits per heavy atom. The topological polar surface area (TPSA) is 87.7 Å². The number of aromatic nitrogens is 3. The Hall–Kier alpha value is -2.93. The molecule has 3 rings (SSSR count). The summed E-state index contributed by atoms with van der Waals surface area (Å²) in [5.41, 5.74) is 1.99. The third kappa shape index (κ3) is 4.33.